The van der Waals surface area contributed by atoms with Gasteiger partial charge in [-0.3, -0.25) is 0 Å². The Morgan fingerprint density at radius 3 is 1.45 bits per heavy atom. The molecule has 0 saturated carbocycles. The summed E-state index contributed by atoms with van der Waals surface area (Å²) in [7, 11) is 0. The van der Waals surface area contributed by atoms with Gasteiger partial charge in [0.05, 0.1) is 19.6 Å². The molecular formula is C27H34Br2N2O6Pd. The molecule has 2 unspecified atom stereocenters. The summed E-state index contributed by atoms with van der Waals surface area (Å²) in [5.74, 6) is 2.63. The van der Waals surface area contributed by atoms with Gasteiger partial charge in [-0.25, -0.2) is 9.98 Å². The van der Waals surface area contributed by atoms with E-state index in [1.54, 1.807) is 0 Å². The van der Waals surface area contributed by atoms with Crippen molar-refractivity contribution in [1.29, 1.82) is 0 Å². The third-order valence-corrected chi connectivity index (χ3v) is 5.57. The van der Waals surface area contributed by atoms with Gasteiger partial charge in [0.15, 0.2) is 11.8 Å². The number of aliphatic imine (C=N–C) groups is 2. The monoisotopic (exact) mass is 746 g/mol. The smallest absolute Gasteiger partial charge is 1.00 e. The van der Waals surface area contributed by atoms with Gasteiger partial charge in [0.2, 0.25) is 12.6 Å². The van der Waals surface area contributed by atoms with Gasteiger partial charge in [0.25, 0.3) is 0 Å². The molecule has 0 fully saturated rings. The van der Waals surface area contributed by atoms with Crippen LogP contribution >= 0.6 is 0 Å². The van der Waals surface area contributed by atoms with Gasteiger partial charge in [0.1, 0.15) is 23.6 Å². The van der Waals surface area contributed by atoms with Crippen LogP contribution in [-0.2, 0) is 39.4 Å². The van der Waals surface area contributed by atoms with E-state index in [4.69, 9.17) is 38.4 Å². The van der Waals surface area contributed by atoms with Crippen LogP contribution in [0.5, 0.6) is 11.5 Å². The molecule has 2 aromatic carbocycles. The second kappa shape index (κ2) is 17.3. The summed E-state index contributed by atoms with van der Waals surface area (Å²) in [4.78, 5) is 9.65. The fourth-order valence-corrected chi connectivity index (χ4v) is 4.15. The van der Waals surface area contributed by atoms with Crippen LogP contribution in [-0.4, -0.2) is 50.8 Å². The minimum Gasteiger partial charge on any atom is -1.00 e. The standard InChI is InChI=1S/C27H34N2O6.2BrH.Pd/c1-5-30-20-13-9-11-18(15-20)24-26(32-7-3)34-22(28-24)17-23-29-25(27(35-23)33-8-4)19-12-10-14-21(16-19)31-6-2;;;/h9-16,24-27H,5-8,17H2,1-4H3;2*1H;/q;;;+2/p-2/t24-,25-,26?,27?;;;/m1.../s1. The van der Waals surface area contributed by atoms with E-state index in [0.717, 1.165) is 22.6 Å². The fourth-order valence-electron chi connectivity index (χ4n) is 4.15. The maximum atomic E-state index is 6.08. The molecule has 4 atom stereocenters. The first kappa shape index (κ1) is 34.5. The van der Waals surface area contributed by atoms with Gasteiger partial charge in [-0.15, -0.1) is 0 Å². The van der Waals surface area contributed by atoms with Crippen molar-refractivity contribution in [3.63, 3.8) is 0 Å². The van der Waals surface area contributed by atoms with Crippen LogP contribution in [0.1, 0.15) is 57.3 Å². The Hall–Kier alpha value is -1.48. The fraction of sp³-hybridized carbons (Fsp3) is 0.481. The average Bonchev–Trinajstić information content (AvgIpc) is 3.44. The molecular weight excluding hydrogens is 715 g/mol. The van der Waals surface area contributed by atoms with Crippen molar-refractivity contribution >= 4 is 11.8 Å². The summed E-state index contributed by atoms with van der Waals surface area (Å²) in [6.07, 6.45) is -0.721. The third-order valence-electron chi connectivity index (χ3n) is 5.57. The van der Waals surface area contributed by atoms with Crippen LogP contribution in [0.15, 0.2) is 58.5 Å². The van der Waals surface area contributed by atoms with E-state index in [-0.39, 0.29) is 66.5 Å². The van der Waals surface area contributed by atoms with E-state index in [0.29, 0.717) is 44.6 Å². The zero-order valence-electron chi connectivity index (χ0n) is 21.9. The van der Waals surface area contributed by atoms with Crippen molar-refractivity contribution in [1.82, 2.24) is 0 Å². The summed E-state index contributed by atoms with van der Waals surface area (Å²) in [5, 5.41) is 0. The topological polar surface area (TPSA) is 80.1 Å². The van der Waals surface area contributed by atoms with E-state index in [9.17, 15) is 0 Å². The van der Waals surface area contributed by atoms with E-state index in [2.05, 4.69) is 0 Å². The Morgan fingerprint density at radius 1 is 0.658 bits per heavy atom. The van der Waals surface area contributed by atoms with Gasteiger partial charge in [0, 0.05) is 13.2 Å². The van der Waals surface area contributed by atoms with Crippen molar-refractivity contribution in [3.05, 3.63) is 59.7 Å². The number of benzene rings is 2. The van der Waals surface area contributed by atoms with Crippen LogP contribution in [0.3, 0.4) is 0 Å². The molecule has 2 aliphatic heterocycles. The predicted molar refractivity (Wildman–Crippen MR) is 133 cm³/mol. The summed E-state index contributed by atoms with van der Waals surface area (Å²) < 4.78 is 35.2. The molecule has 38 heavy (non-hydrogen) atoms. The largest absolute Gasteiger partial charge is 2.00 e. The molecule has 0 amide bonds. The first-order valence-corrected chi connectivity index (χ1v) is 12.3. The van der Waals surface area contributed by atoms with Crippen molar-refractivity contribution in [2.24, 2.45) is 9.98 Å². The van der Waals surface area contributed by atoms with Gasteiger partial charge in [-0.05, 0) is 63.1 Å². The molecule has 0 N–H and O–H groups in total. The normalized spacial score (nSPS) is 21.5. The molecule has 0 aliphatic carbocycles. The maximum Gasteiger partial charge on any atom is 2.00 e. The maximum absolute atomic E-state index is 6.08. The summed E-state index contributed by atoms with van der Waals surface area (Å²) in [6, 6.07) is 15.1. The van der Waals surface area contributed by atoms with Crippen LogP contribution in [0, 0.1) is 0 Å². The van der Waals surface area contributed by atoms with Gasteiger partial charge < -0.3 is 62.4 Å². The quantitative estimate of drug-likeness (QED) is 0.266. The van der Waals surface area contributed by atoms with Gasteiger partial charge in [-0.1, -0.05) is 24.3 Å². The molecule has 0 saturated heterocycles. The Bertz CT molecular complexity index is 976. The van der Waals surface area contributed by atoms with Crippen LogP contribution in [0.2, 0.25) is 0 Å². The predicted octanol–water partition coefficient (Wildman–Crippen LogP) is -0.755. The van der Waals surface area contributed by atoms with E-state index in [1.165, 1.54) is 0 Å². The number of halogens is 2. The molecule has 212 valence electrons. The number of hydrogen-bond acceptors (Lipinski definition) is 8. The van der Waals surface area contributed by atoms with Crippen molar-refractivity contribution in [3.8, 4) is 11.5 Å². The molecule has 8 nitrogen and oxygen atoms in total. The Balaban J connectivity index is 0.00000241. The molecule has 0 radical (unpaired) electrons. The Kier molecular flexibility index (Phi) is 15.7. The Labute approximate surface area is 259 Å². The summed E-state index contributed by atoms with van der Waals surface area (Å²) in [6.45, 7) is 10.0. The third kappa shape index (κ3) is 8.77. The molecule has 4 rings (SSSR count). The van der Waals surface area contributed by atoms with E-state index < -0.39 is 12.6 Å². The molecule has 0 spiro atoms. The van der Waals surface area contributed by atoms with Gasteiger partial charge in [-0.2, -0.15) is 0 Å². The van der Waals surface area contributed by atoms with Crippen LogP contribution < -0.4 is 43.4 Å². The van der Waals surface area contributed by atoms with Crippen LogP contribution in [0.25, 0.3) is 0 Å². The first-order chi connectivity index (χ1) is 17.1. The zero-order chi connectivity index (χ0) is 24.6. The van der Waals surface area contributed by atoms with E-state index >= 15 is 0 Å². The second-order valence-electron chi connectivity index (χ2n) is 8.01. The van der Waals surface area contributed by atoms with Crippen molar-refractivity contribution < 1.29 is 82.8 Å². The second-order valence-corrected chi connectivity index (χ2v) is 8.01. The van der Waals surface area contributed by atoms with E-state index in [1.807, 2.05) is 76.2 Å². The minimum atomic E-state index is -0.518. The van der Waals surface area contributed by atoms with Crippen molar-refractivity contribution in [2.45, 2.75) is 58.8 Å². The van der Waals surface area contributed by atoms with Gasteiger partial charge >= 0.3 is 20.4 Å². The number of hydrogen-bond donors (Lipinski definition) is 0. The molecule has 11 heteroatoms. The van der Waals surface area contributed by atoms with Crippen molar-refractivity contribution in [2.75, 3.05) is 26.4 Å². The molecule has 0 aromatic heterocycles. The molecule has 2 aliphatic rings. The molecule has 2 heterocycles. The molecule has 0 bridgehead atoms. The van der Waals surface area contributed by atoms with Crippen LogP contribution in [0.4, 0.5) is 0 Å². The molecule has 2 aromatic rings. The SMILES string of the molecule is CCOc1cccc([C@H]2N=C(CC3=N[C@H](c4cccc(OCC)c4)C(OCC)O3)OC2OCC)c1.[Br-].[Br-].[Pd+2]. The summed E-state index contributed by atoms with van der Waals surface area (Å²) in [5.41, 5.74) is 1.94. The zero-order valence-corrected chi connectivity index (χ0v) is 26.6. The average molecular weight is 749 g/mol. The first-order valence-electron chi connectivity index (χ1n) is 12.3. The number of nitrogens with zero attached hydrogens (tertiary/aromatic N) is 2. The Morgan fingerprint density at radius 2 is 1.08 bits per heavy atom. The minimum absolute atomic E-state index is 0. The summed E-state index contributed by atoms with van der Waals surface area (Å²) >= 11 is 0. The number of rotatable bonds is 12. The number of ether oxygens (including phenoxy) is 6.